The maximum absolute atomic E-state index is 13.1. The Bertz CT molecular complexity index is 991. The van der Waals surface area contributed by atoms with E-state index in [0.29, 0.717) is 35.5 Å². The molecule has 150 valence electrons. The standard InChI is InChI=1S/C20H18FN3O4S/c1-27-16-6-3-2-5-15(16)19(25)22-11-4-12-28-20(26)18-17(23-24-29-18)13-7-9-14(21)10-8-13/h2-3,5-10H,4,11-12H2,1H3,(H,22,25). The molecule has 0 spiro atoms. The Labute approximate surface area is 170 Å². The van der Waals surface area contributed by atoms with Crippen molar-refractivity contribution in [3.63, 3.8) is 0 Å². The molecule has 0 fully saturated rings. The molecule has 0 aliphatic carbocycles. The van der Waals surface area contributed by atoms with Crippen molar-refractivity contribution < 1.29 is 23.5 Å². The summed E-state index contributed by atoms with van der Waals surface area (Å²) in [6.07, 6.45) is 0.435. The smallest absolute Gasteiger partial charge is 0.352 e. The van der Waals surface area contributed by atoms with Crippen LogP contribution < -0.4 is 10.1 Å². The van der Waals surface area contributed by atoms with Crippen LogP contribution in [0.1, 0.15) is 26.5 Å². The Kier molecular flexibility index (Phi) is 6.85. The van der Waals surface area contributed by atoms with Gasteiger partial charge < -0.3 is 14.8 Å². The summed E-state index contributed by atoms with van der Waals surface area (Å²) in [6.45, 7) is 0.446. The van der Waals surface area contributed by atoms with E-state index in [0.717, 1.165) is 11.5 Å². The largest absolute Gasteiger partial charge is 0.496 e. The molecule has 1 heterocycles. The second-order valence-electron chi connectivity index (χ2n) is 5.90. The number of halogens is 1. The van der Waals surface area contributed by atoms with Crippen LogP contribution in [-0.2, 0) is 4.74 Å². The van der Waals surface area contributed by atoms with Crippen molar-refractivity contribution in [1.82, 2.24) is 14.9 Å². The summed E-state index contributed by atoms with van der Waals surface area (Å²) in [5, 5.41) is 6.69. The number of benzene rings is 2. The summed E-state index contributed by atoms with van der Waals surface area (Å²) in [5.41, 5.74) is 1.37. The van der Waals surface area contributed by atoms with Gasteiger partial charge in [-0.1, -0.05) is 16.6 Å². The average molecular weight is 415 g/mol. The van der Waals surface area contributed by atoms with Crippen molar-refractivity contribution in [3.05, 3.63) is 64.8 Å². The van der Waals surface area contributed by atoms with Gasteiger partial charge >= 0.3 is 5.97 Å². The predicted octanol–water partition coefficient (Wildman–Crippen LogP) is 3.33. The van der Waals surface area contributed by atoms with Gasteiger partial charge in [-0.3, -0.25) is 4.79 Å². The number of carbonyl (C=O) groups is 2. The van der Waals surface area contributed by atoms with Crippen molar-refractivity contribution in [2.24, 2.45) is 0 Å². The van der Waals surface area contributed by atoms with E-state index in [-0.39, 0.29) is 23.2 Å². The fourth-order valence-electron chi connectivity index (χ4n) is 2.55. The van der Waals surface area contributed by atoms with Gasteiger partial charge in [-0.25, -0.2) is 9.18 Å². The maximum atomic E-state index is 13.1. The van der Waals surface area contributed by atoms with E-state index in [1.807, 2.05) is 0 Å². The summed E-state index contributed by atoms with van der Waals surface area (Å²) in [7, 11) is 1.50. The molecular weight excluding hydrogens is 397 g/mol. The summed E-state index contributed by atoms with van der Waals surface area (Å²) >= 11 is 0.914. The molecule has 1 aromatic heterocycles. The molecule has 3 rings (SSSR count). The Morgan fingerprint density at radius 3 is 2.66 bits per heavy atom. The number of esters is 1. The first-order valence-electron chi connectivity index (χ1n) is 8.76. The van der Waals surface area contributed by atoms with Crippen LogP contribution in [0.15, 0.2) is 48.5 Å². The Balaban J connectivity index is 1.48. The zero-order chi connectivity index (χ0) is 20.6. The lowest BCUT2D eigenvalue weighted by molar-refractivity contribution is 0.0507. The van der Waals surface area contributed by atoms with Gasteiger partial charge in [-0.15, -0.1) is 5.10 Å². The van der Waals surface area contributed by atoms with Gasteiger partial charge in [-0.2, -0.15) is 0 Å². The first kappa shape index (κ1) is 20.4. The van der Waals surface area contributed by atoms with E-state index in [4.69, 9.17) is 9.47 Å². The third kappa shape index (κ3) is 5.14. The number of aromatic nitrogens is 2. The van der Waals surface area contributed by atoms with Gasteiger partial charge in [0.2, 0.25) is 0 Å². The van der Waals surface area contributed by atoms with Gasteiger partial charge in [-0.05, 0) is 54.4 Å². The van der Waals surface area contributed by atoms with Gasteiger partial charge in [0.15, 0.2) is 4.88 Å². The predicted molar refractivity (Wildman–Crippen MR) is 106 cm³/mol. The van der Waals surface area contributed by atoms with Crippen molar-refractivity contribution >= 4 is 23.4 Å². The number of methoxy groups -OCH3 is 1. The molecule has 0 unspecified atom stereocenters. The quantitative estimate of drug-likeness (QED) is 0.448. The SMILES string of the molecule is COc1ccccc1C(=O)NCCCOC(=O)c1snnc1-c1ccc(F)cc1. The molecule has 7 nitrogen and oxygen atoms in total. The molecule has 0 bridgehead atoms. The van der Waals surface area contributed by atoms with Crippen LogP contribution in [0, 0.1) is 5.82 Å². The van der Waals surface area contributed by atoms with Crippen LogP contribution in [0.25, 0.3) is 11.3 Å². The molecule has 0 atom stereocenters. The highest BCUT2D eigenvalue weighted by Gasteiger charge is 2.19. The molecule has 2 aromatic carbocycles. The fourth-order valence-corrected chi connectivity index (χ4v) is 3.14. The lowest BCUT2D eigenvalue weighted by Crippen LogP contribution is -2.26. The third-order valence-electron chi connectivity index (χ3n) is 3.98. The third-order valence-corrected chi connectivity index (χ3v) is 4.69. The average Bonchev–Trinajstić information content (AvgIpc) is 3.23. The van der Waals surface area contributed by atoms with Crippen molar-refractivity contribution in [3.8, 4) is 17.0 Å². The molecule has 3 aromatic rings. The van der Waals surface area contributed by atoms with Crippen molar-refractivity contribution in [2.45, 2.75) is 6.42 Å². The highest BCUT2D eigenvalue weighted by molar-refractivity contribution is 7.08. The van der Waals surface area contributed by atoms with Gasteiger partial charge in [0.25, 0.3) is 5.91 Å². The normalized spacial score (nSPS) is 10.4. The Hall–Kier alpha value is -3.33. The minimum absolute atomic E-state index is 0.117. The van der Waals surface area contributed by atoms with Crippen molar-refractivity contribution in [1.29, 1.82) is 0 Å². The number of hydrogen-bond donors (Lipinski definition) is 1. The number of nitrogens with one attached hydrogen (secondary N) is 1. The number of amides is 1. The number of nitrogens with zero attached hydrogens (tertiary/aromatic N) is 2. The number of carbonyl (C=O) groups excluding carboxylic acids is 2. The second kappa shape index (κ2) is 9.74. The van der Waals surface area contributed by atoms with E-state index in [2.05, 4.69) is 14.9 Å². The van der Waals surface area contributed by atoms with Crippen LogP contribution in [0.2, 0.25) is 0 Å². The molecule has 0 radical (unpaired) electrons. The monoisotopic (exact) mass is 415 g/mol. The van der Waals surface area contributed by atoms with Crippen LogP contribution >= 0.6 is 11.5 Å². The summed E-state index contributed by atoms with van der Waals surface area (Å²) in [4.78, 5) is 24.7. The highest BCUT2D eigenvalue weighted by atomic mass is 32.1. The van der Waals surface area contributed by atoms with Crippen molar-refractivity contribution in [2.75, 3.05) is 20.3 Å². The second-order valence-corrected chi connectivity index (χ2v) is 6.66. The molecule has 0 saturated heterocycles. The van der Waals surface area contributed by atoms with Crippen LogP contribution in [-0.4, -0.2) is 41.7 Å². The van der Waals surface area contributed by atoms with E-state index >= 15 is 0 Å². The number of rotatable bonds is 8. The maximum Gasteiger partial charge on any atom is 0.352 e. The van der Waals surface area contributed by atoms with E-state index in [9.17, 15) is 14.0 Å². The zero-order valence-electron chi connectivity index (χ0n) is 15.6. The molecule has 9 heteroatoms. The molecule has 0 saturated carbocycles. The first-order chi connectivity index (χ1) is 14.1. The van der Waals surface area contributed by atoms with Gasteiger partial charge in [0.05, 0.1) is 19.3 Å². The zero-order valence-corrected chi connectivity index (χ0v) is 16.4. The molecule has 1 amide bonds. The summed E-state index contributed by atoms with van der Waals surface area (Å²) in [6, 6.07) is 12.5. The van der Waals surface area contributed by atoms with E-state index < -0.39 is 5.97 Å². The lowest BCUT2D eigenvalue weighted by atomic mass is 10.1. The number of hydrogen-bond acceptors (Lipinski definition) is 7. The Morgan fingerprint density at radius 1 is 1.14 bits per heavy atom. The van der Waals surface area contributed by atoms with E-state index in [1.165, 1.54) is 31.4 Å². The number of ether oxygens (including phenoxy) is 2. The van der Waals surface area contributed by atoms with Crippen LogP contribution in [0.3, 0.4) is 0 Å². The molecule has 0 aliphatic heterocycles. The molecular formula is C20H18FN3O4S. The molecule has 0 aliphatic rings. The summed E-state index contributed by atoms with van der Waals surface area (Å²) in [5.74, 6) is -0.715. The van der Waals surface area contributed by atoms with Gasteiger partial charge in [0.1, 0.15) is 17.3 Å². The Morgan fingerprint density at radius 2 is 1.90 bits per heavy atom. The fraction of sp³-hybridized carbons (Fsp3) is 0.200. The number of para-hydroxylation sites is 1. The van der Waals surface area contributed by atoms with E-state index in [1.54, 1.807) is 24.3 Å². The topological polar surface area (TPSA) is 90.4 Å². The molecule has 29 heavy (non-hydrogen) atoms. The minimum Gasteiger partial charge on any atom is -0.496 e. The van der Waals surface area contributed by atoms with Crippen LogP contribution in [0.5, 0.6) is 5.75 Å². The highest BCUT2D eigenvalue weighted by Crippen LogP contribution is 2.24. The molecule has 1 N–H and O–H groups in total. The first-order valence-corrected chi connectivity index (χ1v) is 9.54. The summed E-state index contributed by atoms with van der Waals surface area (Å²) < 4.78 is 27.3. The minimum atomic E-state index is -0.560. The van der Waals surface area contributed by atoms with Gasteiger partial charge in [0, 0.05) is 12.1 Å². The van der Waals surface area contributed by atoms with Crippen LogP contribution in [0.4, 0.5) is 4.39 Å². The lowest BCUT2D eigenvalue weighted by Gasteiger charge is -2.09.